The van der Waals surface area contributed by atoms with Crippen molar-refractivity contribution in [3.05, 3.63) is 39.7 Å². The lowest BCUT2D eigenvalue weighted by atomic mass is 9.83. The summed E-state index contributed by atoms with van der Waals surface area (Å²) in [6.07, 6.45) is 4.45. The number of rotatable bonds is 4. The summed E-state index contributed by atoms with van der Waals surface area (Å²) >= 11 is 1.74. The van der Waals surface area contributed by atoms with E-state index in [0.717, 1.165) is 45.8 Å². The average Bonchev–Trinajstić information content (AvgIpc) is 3.21. The maximum Gasteiger partial charge on any atom is 0.126 e. The van der Waals surface area contributed by atoms with E-state index in [-0.39, 0.29) is 11.0 Å². The van der Waals surface area contributed by atoms with Crippen molar-refractivity contribution in [1.82, 2.24) is 4.98 Å². The van der Waals surface area contributed by atoms with Crippen LogP contribution in [0.1, 0.15) is 74.4 Å². The predicted molar refractivity (Wildman–Crippen MR) is 115 cm³/mol. The van der Waals surface area contributed by atoms with Gasteiger partial charge in [-0.25, -0.2) is 4.98 Å². The maximum atomic E-state index is 10.8. The van der Waals surface area contributed by atoms with Crippen molar-refractivity contribution in [2.75, 3.05) is 7.11 Å². The van der Waals surface area contributed by atoms with Gasteiger partial charge in [-0.1, -0.05) is 40.2 Å². The highest BCUT2D eigenvalue weighted by molar-refractivity contribution is 7.12. The highest BCUT2D eigenvalue weighted by Gasteiger charge is 2.39. The molecule has 0 unspecified atom stereocenters. The molecule has 1 N–H and O–H groups in total. The molecule has 1 fully saturated rings. The van der Waals surface area contributed by atoms with E-state index in [1.807, 2.05) is 13.0 Å². The number of thiazole rings is 1. The molecule has 1 aromatic carbocycles. The van der Waals surface area contributed by atoms with Gasteiger partial charge in [0, 0.05) is 28.7 Å². The van der Waals surface area contributed by atoms with Gasteiger partial charge < -0.3 is 9.84 Å². The molecule has 146 valence electrons. The van der Waals surface area contributed by atoms with Crippen molar-refractivity contribution >= 4 is 16.9 Å². The third-order valence-electron chi connectivity index (χ3n) is 5.64. The number of benzene rings is 1. The topological polar surface area (TPSA) is 42.4 Å². The van der Waals surface area contributed by atoms with Gasteiger partial charge in [0.15, 0.2) is 0 Å². The lowest BCUT2D eigenvalue weighted by Crippen LogP contribution is -2.24. The first-order valence-corrected chi connectivity index (χ1v) is 10.5. The van der Waals surface area contributed by atoms with E-state index in [9.17, 15) is 5.11 Å². The van der Waals surface area contributed by atoms with Gasteiger partial charge in [0.25, 0.3) is 0 Å². The van der Waals surface area contributed by atoms with Crippen molar-refractivity contribution in [2.45, 2.75) is 71.3 Å². The van der Waals surface area contributed by atoms with Gasteiger partial charge in [-0.15, -0.1) is 11.3 Å². The van der Waals surface area contributed by atoms with Crippen molar-refractivity contribution in [3.63, 3.8) is 0 Å². The molecule has 4 heteroatoms. The summed E-state index contributed by atoms with van der Waals surface area (Å²) in [4.78, 5) is 6.23. The summed E-state index contributed by atoms with van der Waals surface area (Å²) in [5.74, 6) is 0.330. The molecule has 0 atom stereocenters. The normalized spacial score (nSPS) is 16.7. The molecular formula is C23H31NO2S. The van der Waals surface area contributed by atoms with Gasteiger partial charge in [-0.3, -0.25) is 0 Å². The van der Waals surface area contributed by atoms with E-state index in [0.29, 0.717) is 5.75 Å². The van der Waals surface area contributed by atoms with Gasteiger partial charge in [-0.2, -0.15) is 0 Å². The number of aryl methyl sites for hydroxylation is 1. The summed E-state index contributed by atoms with van der Waals surface area (Å²) < 4.78 is 5.94. The number of aromatic nitrogens is 1. The molecule has 0 radical (unpaired) electrons. The smallest absolute Gasteiger partial charge is 0.126 e. The molecule has 27 heavy (non-hydrogen) atoms. The van der Waals surface area contributed by atoms with Crippen LogP contribution in [-0.2, 0) is 15.8 Å². The first-order valence-electron chi connectivity index (χ1n) is 9.66. The van der Waals surface area contributed by atoms with Crippen LogP contribution in [0, 0.1) is 6.92 Å². The summed E-state index contributed by atoms with van der Waals surface area (Å²) in [6, 6.07) is 4.11. The Bertz CT molecular complexity index is 867. The van der Waals surface area contributed by atoms with Crippen molar-refractivity contribution in [3.8, 4) is 17.0 Å². The first-order chi connectivity index (χ1) is 12.6. The fraction of sp³-hybridized carbons (Fsp3) is 0.522. The molecule has 1 heterocycles. The van der Waals surface area contributed by atoms with Gasteiger partial charge in [0.2, 0.25) is 0 Å². The van der Waals surface area contributed by atoms with Crippen LogP contribution in [0.5, 0.6) is 5.75 Å². The summed E-state index contributed by atoms with van der Waals surface area (Å²) in [5.41, 5.74) is 4.22. The fourth-order valence-corrected chi connectivity index (χ4v) is 5.14. The average molecular weight is 386 g/mol. The van der Waals surface area contributed by atoms with Gasteiger partial charge in [-0.05, 0) is 49.8 Å². The number of hydrogen-bond donors (Lipinski definition) is 1. The van der Waals surface area contributed by atoms with Crippen LogP contribution >= 0.6 is 11.3 Å². The van der Waals surface area contributed by atoms with E-state index in [1.165, 1.54) is 17.7 Å². The molecule has 0 saturated heterocycles. The van der Waals surface area contributed by atoms with Crippen LogP contribution in [0.3, 0.4) is 0 Å². The van der Waals surface area contributed by atoms with Crippen LogP contribution in [0.4, 0.5) is 0 Å². The molecular weight excluding hydrogens is 354 g/mol. The number of allylic oxidation sites excluding steroid dienone is 1. The van der Waals surface area contributed by atoms with Gasteiger partial charge in [0.05, 0.1) is 5.69 Å². The van der Waals surface area contributed by atoms with E-state index in [4.69, 9.17) is 9.72 Å². The third kappa shape index (κ3) is 3.57. The third-order valence-corrected chi connectivity index (χ3v) is 6.80. The Labute approximate surface area is 167 Å². The van der Waals surface area contributed by atoms with Gasteiger partial charge in [0.1, 0.15) is 16.4 Å². The Morgan fingerprint density at radius 1 is 1.26 bits per heavy atom. The Morgan fingerprint density at radius 2 is 1.89 bits per heavy atom. The second kappa shape index (κ2) is 7.06. The molecule has 1 aliphatic carbocycles. The largest absolute Gasteiger partial charge is 0.507 e. The zero-order chi connectivity index (χ0) is 20.0. The van der Waals surface area contributed by atoms with Crippen molar-refractivity contribution < 1.29 is 9.84 Å². The first kappa shape index (κ1) is 20.1. The standard InChI is InChI=1S/C23H31NO2S/c1-14(2)17-12-16(13-18(20(17)25)22(4,5)6)19-15(3)27-21(24-19)23(26-7)10-8-9-11-23/h12-13,25H,1,8-11H2,2-7H3. The Kier molecular flexibility index (Phi) is 5.26. The SMILES string of the molecule is C=C(C)c1cc(-c2nc(C3(OC)CCCC3)sc2C)cc(C(C)(C)C)c1O. The van der Waals surface area contributed by atoms with E-state index in [2.05, 4.69) is 40.3 Å². The Morgan fingerprint density at radius 3 is 2.41 bits per heavy atom. The minimum Gasteiger partial charge on any atom is -0.507 e. The summed E-state index contributed by atoms with van der Waals surface area (Å²) in [7, 11) is 1.80. The molecule has 1 aromatic heterocycles. The van der Waals surface area contributed by atoms with Crippen molar-refractivity contribution in [1.29, 1.82) is 0 Å². The van der Waals surface area contributed by atoms with Crippen molar-refractivity contribution in [2.24, 2.45) is 0 Å². The van der Waals surface area contributed by atoms with Crippen LogP contribution in [-0.4, -0.2) is 17.2 Å². The highest BCUT2D eigenvalue weighted by Crippen LogP contribution is 2.46. The number of aromatic hydroxyl groups is 1. The molecule has 3 rings (SSSR count). The fourth-order valence-electron chi connectivity index (χ4n) is 3.98. The van der Waals surface area contributed by atoms with Crippen LogP contribution in [0.25, 0.3) is 16.8 Å². The van der Waals surface area contributed by atoms with E-state index >= 15 is 0 Å². The number of hydrogen-bond acceptors (Lipinski definition) is 4. The number of ether oxygens (including phenoxy) is 1. The summed E-state index contributed by atoms with van der Waals surface area (Å²) in [5, 5.41) is 11.9. The second-order valence-corrected chi connectivity index (χ2v) is 9.98. The van der Waals surface area contributed by atoms with Crippen LogP contribution in [0.2, 0.25) is 0 Å². The van der Waals surface area contributed by atoms with E-state index in [1.54, 1.807) is 18.4 Å². The summed E-state index contributed by atoms with van der Waals surface area (Å²) in [6.45, 7) is 14.5. The molecule has 1 aliphatic rings. The number of phenolic OH excluding ortho intramolecular Hbond substituents is 1. The number of nitrogens with zero attached hydrogens (tertiary/aromatic N) is 1. The maximum absolute atomic E-state index is 10.8. The minimum absolute atomic E-state index is 0.170. The molecule has 1 saturated carbocycles. The molecule has 3 nitrogen and oxygen atoms in total. The molecule has 2 aromatic rings. The highest BCUT2D eigenvalue weighted by atomic mass is 32.1. The van der Waals surface area contributed by atoms with Crippen LogP contribution in [0.15, 0.2) is 18.7 Å². The zero-order valence-electron chi connectivity index (χ0n) is 17.4. The molecule has 0 amide bonds. The van der Waals surface area contributed by atoms with Gasteiger partial charge >= 0.3 is 0 Å². The monoisotopic (exact) mass is 385 g/mol. The van der Waals surface area contributed by atoms with Crippen LogP contribution < -0.4 is 0 Å². The lowest BCUT2D eigenvalue weighted by Gasteiger charge is -2.24. The predicted octanol–water partition coefficient (Wildman–Crippen LogP) is 6.57. The molecule has 0 aliphatic heterocycles. The lowest BCUT2D eigenvalue weighted by molar-refractivity contribution is -0.00879. The molecule has 0 spiro atoms. The Hall–Kier alpha value is -1.65. The zero-order valence-corrected chi connectivity index (χ0v) is 18.2. The number of phenols is 1. The minimum atomic E-state index is -0.228. The quantitative estimate of drug-likeness (QED) is 0.647. The number of methoxy groups -OCH3 is 1. The van der Waals surface area contributed by atoms with E-state index < -0.39 is 0 Å². The second-order valence-electron chi connectivity index (χ2n) is 8.78. The molecule has 0 bridgehead atoms. The Balaban J connectivity index is 2.17.